The normalized spacial score (nSPS) is 17.8. The van der Waals surface area contributed by atoms with E-state index in [9.17, 15) is 14.7 Å². The van der Waals surface area contributed by atoms with Gasteiger partial charge < -0.3 is 9.84 Å². The third-order valence-electron chi connectivity index (χ3n) is 5.21. The van der Waals surface area contributed by atoms with E-state index in [-0.39, 0.29) is 21.9 Å². The summed E-state index contributed by atoms with van der Waals surface area (Å²) in [5.41, 5.74) is 2.36. The molecule has 1 aliphatic rings. The predicted molar refractivity (Wildman–Crippen MR) is 118 cm³/mol. The number of hydrogen-bond donors (Lipinski definition) is 1. The van der Waals surface area contributed by atoms with Crippen molar-refractivity contribution in [2.45, 2.75) is 13.0 Å². The number of halogens is 1. The number of hydrogen-bond acceptors (Lipinski definition) is 5. The average molecular weight is 435 g/mol. The van der Waals surface area contributed by atoms with Gasteiger partial charge >= 0.3 is 0 Å². The molecule has 1 amide bonds. The van der Waals surface area contributed by atoms with Gasteiger partial charge in [-0.15, -0.1) is 0 Å². The molecule has 1 aromatic heterocycles. The van der Waals surface area contributed by atoms with E-state index in [0.717, 1.165) is 5.56 Å². The first-order valence-corrected chi connectivity index (χ1v) is 9.91. The van der Waals surface area contributed by atoms with E-state index in [1.807, 2.05) is 19.1 Å². The Kier molecular flexibility index (Phi) is 5.48. The number of carbonyl (C=O) groups is 2. The summed E-state index contributed by atoms with van der Waals surface area (Å²) in [5.74, 6) is -1.43. The van der Waals surface area contributed by atoms with Crippen LogP contribution in [0.3, 0.4) is 0 Å². The van der Waals surface area contributed by atoms with E-state index < -0.39 is 17.7 Å². The molecule has 0 saturated carbocycles. The number of aliphatic hydroxyl groups is 1. The van der Waals surface area contributed by atoms with Crippen LogP contribution in [0.25, 0.3) is 5.76 Å². The molecule has 1 aliphatic heterocycles. The Balaban J connectivity index is 1.96. The van der Waals surface area contributed by atoms with Crippen LogP contribution in [-0.4, -0.2) is 28.9 Å². The Morgan fingerprint density at radius 2 is 1.74 bits per heavy atom. The SMILES string of the molecule is COc1ccc(Cl)c(/C(O)=C2\C(=O)C(=O)N(c3ccc(C)cc3)C2c2ccncc2)c1. The lowest BCUT2D eigenvalue weighted by Crippen LogP contribution is -2.29. The van der Waals surface area contributed by atoms with Crippen LogP contribution in [0.1, 0.15) is 22.7 Å². The Hall–Kier alpha value is -3.64. The smallest absolute Gasteiger partial charge is 0.300 e. The Morgan fingerprint density at radius 3 is 2.39 bits per heavy atom. The third-order valence-corrected chi connectivity index (χ3v) is 5.54. The van der Waals surface area contributed by atoms with Crippen LogP contribution in [0.5, 0.6) is 5.75 Å². The van der Waals surface area contributed by atoms with Gasteiger partial charge in [0.2, 0.25) is 0 Å². The molecule has 0 radical (unpaired) electrons. The first-order valence-electron chi connectivity index (χ1n) is 9.54. The van der Waals surface area contributed by atoms with Crippen molar-refractivity contribution >= 4 is 34.7 Å². The Morgan fingerprint density at radius 1 is 1.06 bits per heavy atom. The van der Waals surface area contributed by atoms with Crippen molar-refractivity contribution < 1.29 is 19.4 Å². The highest BCUT2D eigenvalue weighted by Gasteiger charge is 2.47. The molecule has 31 heavy (non-hydrogen) atoms. The van der Waals surface area contributed by atoms with Crippen molar-refractivity contribution in [2.24, 2.45) is 0 Å². The minimum Gasteiger partial charge on any atom is -0.507 e. The van der Waals surface area contributed by atoms with Crippen molar-refractivity contribution in [1.82, 2.24) is 4.98 Å². The van der Waals surface area contributed by atoms with Gasteiger partial charge in [0.05, 0.1) is 23.7 Å². The molecule has 6 nitrogen and oxygen atoms in total. The molecule has 3 aromatic rings. The fourth-order valence-electron chi connectivity index (χ4n) is 3.62. The molecule has 1 saturated heterocycles. The van der Waals surface area contributed by atoms with Crippen LogP contribution in [0.15, 0.2) is 72.6 Å². The van der Waals surface area contributed by atoms with E-state index in [0.29, 0.717) is 17.0 Å². The van der Waals surface area contributed by atoms with E-state index in [1.54, 1.807) is 48.8 Å². The Bertz CT molecular complexity index is 1190. The number of carbonyl (C=O) groups excluding carboxylic acids is 2. The molecule has 2 aromatic carbocycles. The number of benzene rings is 2. The van der Waals surface area contributed by atoms with Gasteiger partial charge in [-0.1, -0.05) is 29.3 Å². The van der Waals surface area contributed by atoms with Crippen LogP contribution < -0.4 is 9.64 Å². The lowest BCUT2D eigenvalue weighted by atomic mass is 9.95. The molecule has 2 heterocycles. The second-order valence-corrected chi connectivity index (χ2v) is 7.54. The van der Waals surface area contributed by atoms with Crippen molar-refractivity contribution in [3.8, 4) is 5.75 Å². The summed E-state index contributed by atoms with van der Waals surface area (Å²) in [6.07, 6.45) is 3.15. The van der Waals surface area contributed by atoms with E-state index in [2.05, 4.69) is 4.98 Å². The molecule has 0 aliphatic carbocycles. The number of nitrogens with zero attached hydrogens (tertiary/aromatic N) is 2. The average Bonchev–Trinajstić information content (AvgIpc) is 3.05. The van der Waals surface area contributed by atoms with Gasteiger partial charge in [-0.25, -0.2) is 0 Å². The number of amides is 1. The number of Topliss-reactive ketones (excluding diaryl/α,β-unsaturated/α-hetero) is 1. The number of ketones is 1. The van der Waals surface area contributed by atoms with Crippen molar-refractivity contribution in [3.63, 3.8) is 0 Å². The van der Waals surface area contributed by atoms with Crippen LogP contribution >= 0.6 is 11.6 Å². The molecule has 1 fully saturated rings. The molecule has 7 heteroatoms. The molecular formula is C24H19ClN2O4. The highest BCUT2D eigenvalue weighted by Crippen LogP contribution is 2.43. The number of rotatable bonds is 4. The quantitative estimate of drug-likeness (QED) is 0.366. The fraction of sp³-hybridized carbons (Fsp3) is 0.125. The summed E-state index contributed by atoms with van der Waals surface area (Å²) >= 11 is 6.31. The van der Waals surface area contributed by atoms with Gasteiger partial charge in [0.25, 0.3) is 11.7 Å². The molecular weight excluding hydrogens is 416 g/mol. The van der Waals surface area contributed by atoms with Crippen molar-refractivity contribution in [3.05, 3.63) is 94.3 Å². The van der Waals surface area contributed by atoms with E-state index in [4.69, 9.17) is 16.3 Å². The van der Waals surface area contributed by atoms with Gasteiger partial charge in [-0.3, -0.25) is 19.5 Å². The highest BCUT2D eigenvalue weighted by atomic mass is 35.5. The summed E-state index contributed by atoms with van der Waals surface area (Å²) in [4.78, 5) is 31.6. The predicted octanol–water partition coefficient (Wildman–Crippen LogP) is 4.68. The van der Waals surface area contributed by atoms with Crippen LogP contribution in [-0.2, 0) is 9.59 Å². The number of aliphatic hydroxyl groups excluding tert-OH is 1. The fourth-order valence-corrected chi connectivity index (χ4v) is 3.83. The minimum absolute atomic E-state index is 0.0491. The summed E-state index contributed by atoms with van der Waals surface area (Å²) in [6.45, 7) is 1.93. The topological polar surface area (TPSA) is 79.7 Å². The lowest BCUT2D eigenvalue weighted by molar-refractivity contribution is -0.132. The minimum atomic E-state index is -0.840. The molecule has 156 valence electrons. The number of aryl methyl sites for hydroxylation is 1. The maximum Gasteiger partial charge on any atom is 0.300 e. The molecule has 1 atom stereocenters. The largest absolute Gasteiger partial charge is 0.507 e. The van der Waals surface area contributed by atoms with Gasteiger partial charge in [-0.05, 0) is 55.0 Å². The second kappa shape index (κ2) is 8.24. The summed E-state index contributed by atoms with van der Waals surface area (Å²) < 4.78 is 5.22. The van der Waals surface area contributed by atoms with E-state index >= 15 is 0 Å². The standard InChI is InChI=1S/C24H19ClN2O4/c1-14-3-5-16(6-4-14)27-21(15-9-11-26-12-10-15)20(23(29)24(27)30)22(28)18-13-17(31-2)7-8-19(18)25/h3-13,21,28H,1-2H3/b22-20+. The summed E-state index contributed by atoms with van der Waals surface area (Å²) in [5, 5.41) is 11.4. The van der Waals surface area contributed by atoms with Crippen molar-refractivity contribution in [2.75, 3.05) is 12.0 Å². The second-order valence-electron chi connectivity index (χ2n) is 7.13. The Labute approximate surface area is 184 Å². The zero-order valence-corrected chi connectivity index (χ0v) is 17.6. The number of anilines is 1. The van der Waals surface area contributed by atoms with E-state index in [1.165, 1.54) is 18.1 Å². The first kappa shape index (κ1) is 20.6. The molecule has 1 unspecified atom stereocenters. The first-order chi connectivity index (χ1) is 14.9. The van der Waals surface area contributed by atoms with Gasteiger partial charge in [-0.2, -0.15) is 0 Å². The number of pyridine rings is 1. The molecule has 1 N–H and O–H groups in total. The van der Waals surface area contributed by atoms with Gasteiger partial charge in [0, 0.05) is 23.6 Å². The highest BCUT2D eigenvalue weighted by molar-refractivity contribution is 6.52. The molecule has 0 bridgehead atoms. The molecule has 0 spiro atoms. The number of aromatic nitrogens is 1. The molecule has 4 rings (SSSR count). The maximum absolute atomic E-state index is 13.1. The zero-order valence-electron chi connectivity index (χ0n) is 16.9. The zero-order chi connectivity index (χ0) is 22.1. The summed E-state index contributed by atoms with van der Waals surface area (Å²) in [7, 11) is 1.49. The lowest BCUT2D eigenvalue weighted by Gasteiger charge is -2.25. The van der Waals surface area contributed by atoms with Crippen LogP contribution in [0.2, 0.25) is 5.02 Å². The van der Waals surface area contributed by atoms with Crippen molar-refractivity contribution in [1.29, 1.82) is 0 Å². The third kappa shape index (κ3) is 3.66. The van der Waals surface area contributed by atoms with Crippen LogP contribution in [0, 0.1) is 6.92 Å². The van der Waals surface area contributed by atoms with Crippen LogP contribution in [0.4, 0.5) is 5.69 Å². The number of ether oxygens (including phenoxy) is 1. The summed E-state index contributed by atoms with van der Waals surface area (Å²) in [6, 6.07) is 14.6. The van der Waals surface area contributed by atoms with Gasteiger partial charge in [0.1, 0.15) is 11.5 Å². The maximum atomic E-state index is 13.1. The number of methoxy groups -OCH3 is 1. The van der Waals surface area contributed by atoms with Gasteiger partial charge in [0.15, 0.2) is 0 Å². The monoisotopic (exact) mass is 434 g/mol.